The number of amides is 1. The Bertz CT molecular complexity index is 538. The highest BCUT2D eigenvalue weighted by atomic mass is 16.5. The molecule has 1 atom stereocenters. The van der Waals surface area contributed by atoms with Gasteiger partial charge < -0.3 is 15.2 Å². The number of piperidine rings is 1. The van der Waals surface area contributed by atoms with E-state index < -0.39 is 5.97 Å². The van der Waals surface area contributed by atoms with Crippen molar-refractivity contribution in [1.29, 1.82) is 0 Å². The first-order valence-electron chi connectivity index (χ1n) is 8.46. The summed E-state index contributed by atoms with van der Waals surface area (Å²) in [6.45, 7) is 2.52. The van der Waals surface area contributed by atoms with Crippen LogP contribution in [0.4, 0.5) is 0 Å². The topological polar surface area (TPSA) is 78.9 Å². The van der Waals surface area contributed by atoms with Crippen molar-refractivity contribution in [2.75, 3.05) is 26.7 Å². The molecule has 0 aliphatic carbocycles. The lowest BCUT2D eigenvalue weighted by molar-refractivity contribution is -0.138. The van der Waals surface area contributed by atoms with Gasteiger partial charge >= 0.3 is 5.97 Å². The molecule has 24 heavy (non-hydrogen) atoms. The zero-order valence-electron chi connectivity index (χ0n) is 14.2. The lowest BCUT2D eigenvalue weighted by Crippen LogP contribution is -2.40. The van der Waals surface area contributed by atoms with Gasteiger partial charge in [0.1, 0.15) is 5.75 Å². The summed E-state index contributed by atoms with van der Waals surface area (Å²) < 4.78 is 5.21. The van der Waals surface area contributed by atoms with Crippen molar-refractivity contribution in [3.63, 3.8) is 0 Å². The molecule has 2 N–H and O–H groups in total. The average molecular weight is 334 g/mol. The molecule has 1 amide bonds. The van der Waals surface area contributed by atoms with E-state index in [2.05, 4.69) is 10.2 Å². The fourth-order valence-electron chi connectivity index (χ4n) is 3.03. The Morgan fingerprint density at radius 3 is 2.42 bits per heavy atom. The molecule has 0 radical (unpaired) electrons. The monoisotopic (exact) mass is 334 g/mol. The van der Waals surface area contributed by atoms with E-state index in [-0.39, 0.29) is 24.8 Å². The van der Waals surface area contributed by atoms with Crippen molar-refractivity contribution in [2.24, 2.45) is 0 Å². The van der Waals surface area contributed by atoms with Crippen LogP contribution >= 0.6 is 0 Å². The van der Waals surface area contributed by atoms with Crippen LogP contribution in [0.3, 0.4) is 0 Å². The van der Waals surface area contributed by atoms with Gasteiger partial charge in [0.2, 0.25) is 5.91 Å². The molecule has 1 aromatic rings. The molecule has 2 rings (SSSR count). The molecule has 0 spiro atoms. The molecule has 1 aliphatic heterocycles. The van der Waals surface area contributed by atoms with Gasteiger partial charge in [-0.3, -0.25) is 14.5 Å². The van der Waals surface area contributed by atoms with Gasteiger partial charge in [0.25, 0.3) is 0 Å². The summed E-state index contributed by atoms with van der Waals surface area (Å²) in [5, 5.41) is 11.6. The van der Waals surface area contributed by atoms with E-state index in [1.54, 1.807) is 7.11 Å². The quantitative estimate of drug-likeness (QED) is 0.762. The Morgan fingerprint density at radius 2 is 1.83 bits per heavy atom. The maximum Gasteiger partial charge on any atom is 0.303 e. The lowest BCUT2D eigenvalue weighted by Gasteiger charge is -2.35. The van der Waals surface area contributed by atoms with Gasteiger partial charge in [-0.2, -0.15) is 0 Å². The second-order valence-corrected chi connectivity index (χ2v) is 6.08. The van der Waals surface area contributed by atoms with Gasteiger partial charge in [0, 0.05) is 13.0 Å². The molecule has 0 bridgehead atoms. The smallest absolute Gasteiger partial charge is 0.303 e. The number of hydrogen-bond donors (Lipinski definition) is 2. The normalized spacial score (nSPS) is 16.4. The van der Waals surface area contributed by atoms with Crippen LogP contribution in [0.2, 0.25) is 0 Å². The van der Waals surface area contributed by atoms with Crippen molar-refractivity contribution in [3.05, 3.63) is 29.8 Å². The molecule has 1 fully saturated rings. The number of methoxy groups -OCH3 is 1. The first-order valence-corrected chi connectivity index (χ1v) is 8.46. The third kappa shape index (κ3) is 5.53. The van der Waals surface area contributed by atoms with Crippen LogP contribution in [0, 0.1) is 0 Å². The van der Waals surface area contributed by atoms with Crippen LogP contribution in [-0.4, -0.2) is 48.6 Å². The molecule has 132 valence electrons. The minimum atomic E-state index is -0.951. The number of nitrogens with one attached hydrogen (secondary N) is 1. The molecule has 1 aliphatic rings. The van der Waals surface area contributed by atoms with Crippen molar-refractivity contribution in [3.8, 4) is 5.75 Å². The standard InChI is InChI=1S/C18H26N2O4/c1-24-15-7-5-14(6-8-15)16(20-11-3-2-4-12-20)13-19-17(21)9-10-18(22)23/h5-8,16H,2-4,9-13H2,1H3,(H,19,21)(H,22,23). The number of carboxylic acids is 1. The Balaban J connectivity index is 2.01. The van der Waals surface area contributed by atoms with Crippen LogP contribution in [0.5, 0.6) is 5.75 Å². The van der Waals surface area contributed by atoms with Gasteiger partial charge in [0.15, 0.2) is 0 Å². The van der Waals surface area contributed by atoms with E-state index in [1.807, 2.05) is 24.3 Å². The molecular weight excluding hydrogens is 308 g/mol. The summed E-state index contributed by atoms with van der Waals surface area (Å²) >= 11 is 0. The number of benzene rings is 1. The fourth-order valence-corrected chi connectivity index (χ4v) is 3.03. The molecule has 6 nitrogen and oxygen atoms in total. The molecular formula is C18H26N2O4. The van der Waals surface area contributed by atoms with Crippen LogP contribution in [0.15, 0.2) is 24.3 Å². The van der Waals surface area contributed by atoms with Crippen molar-refractivity contribution < 1.29 is 19.4 Å². The Hall–Kier alpha value is -2.08. The van der Waals surface area contributed by atoms with Crippen molar-refractivity contribution >= 4 is 11.9 Å². The number of carbonyl (C=O) groups excluding carboxylic acids is 1. The van der Waals surface area contributed by atoms with Gasteiger partial charge in [-0.15, -0.1) is 0 Å². The summed E-state index contributed by atoms with van der Waals surface area (Å²) in [5.74, 6) is -0.359. The van der Waals surface area contributed by atoms with E-state index in [0.29, 0.717) is 6.54 Å². The van der Waals surface area contributed by atoms with Gasteiger partial charge in [-0.1, -0.05) is 18.6 Å². The number of aliphatic carboxylic acids is 1. The SMILES string of the molecule is COc1ccc(C(CNC(=O)CCC(=O)O)N2CCCCC2)cc1. The van der Waals surface area contributed by atoms with Crippen LogP contribution in [0.1, 0.15) is 43.7 Å². The first-order chi connectivity index (χ1) is 11.6. The predicted molar refractivity (Wildman–Crippen MR) is 91.0 cm³/mol. The molecule has 1 heterocycles. The molecule has 1 aromatic carbocycles. The maximum absolute atomic E-state index is 11.9. The largest absolute Gasteiger partial charge is 0.497 e. The molecule has 6 heteroatoms. The third-order valence-corrected chi connectivity index (χ3v) is 4.39. The molecule has 1 saturated heterocycles. The van der Waals surface area contributed by atoms with Gasteiger partial charge in [0.05, 0.1) is 19.6 Å². The highest BCUT2D eigenvalue weighted by Gasteiger charge is 2.23. The molecule has 0 aromatic heterocycles. The Morgan fingerprint density at radius 1 is 1.17 bits per heavy atom. The summed E-state index contributed by atoms with van der Waals surface area (Å²) in [7, 11) is 1.64. The first kappa shape index (κ1) is 18.3. The highest BCUT2D eigenvalue weighted by molar-refractivity contribution is 5.80. The van der Waals surface area contributed by atoms with E-state index in [1.165, 1.54) is 19.3 Å². The number of ether oxygens (including phenoxy) is 1. The highest BCUT2D eigenvalue weighted by Crippen LogP contribution is 2.25. The van der Waals surface area contributed by atoms with E-state index >= 15 is 0 Å². The summed E-state index contributed by atoms with van der Waals surface area (Å²) in [6, 6.07) is 8.02. The second-order valence-electron chi connectivity index (χ2n) is 6.08. The third-order valence-electron chi connectivity index (χ3n) is 4.39. The maximum atomic E-state index is 11.9. The minimum Gasteiger partial charge on any atom is -0.497 e. The van der Waals surface area contributed by atoms with Crippen molar-refractivity contribution in [1.82, 2.24) is 10.2 Å². The molecule has 0 saturated carbocycles. The minimum absolute atomic E-state index is 0.0185. The lowest BCUT2D eigenvalue weighted by atomic mass is 10.0. The number of rotatable bonds is 8. The summed E-state index contributed by atoms with van der Waals surface area (Å²) in [6.07, 6.45) is 3.46. The molecule has 1 unspecified atom stereocenters. The number of nitrogens with zero attached hydrogens (tertiary/aromatic N) is 1. The Kier molecular flexibility index (Phi) is 7.06. The van der Waals surface area contributed by atoms with E-state index in [4.69, 9.17) is 9.84 Å². The van der Waals surface area contributed by atoms with Crippen molar-refractivity contribution in [2.45, 2.75) is 38.1 Å². The summed E-state index contributed by atoms with van der Waals surface area (Å²) in [5.41, 5.74) is 1.14. The zero-order chi connectivity index (χ0) is 17.4. The number of carboxylic acid groups (broad SMARTS) is 1. The van der Waals surface area contributed by atoms with Gasteiger partial charge in [-0.25, -0.2) is 0 Å². The van der Waals surface area contributed by atoms with E-state index in [9.17, 15) is 9.59 Å². The average Bonchev–Trinajstić information content (AvgIpc) is 2.61. The van der Waals surface area contributed by atoms with Crippen LogP contribution in [-0.2, 0) is 9.59 Å². The van der Waals surface area contributed by atoms with Crippen LogP contribution in [0.25, 0.3) is 0 Å². The van der Waals surface area contributed by atoms with Crippen LogP contribution < -0.4 is 10.1 Å². The van der Waals surface area contributed by atoms with E-state index in [0.717, 1.165) is 24.4 Å². The number of hydrogen-bond acceptors (Lipinski definition) is 4. The Labute approximate surface area is 142 Å². The zero-order valence-corrected chi connectivity index (χ0v) is 14.2. The number of carbonyl (C=O) groups is 2. The summed E-state index contributed by atoms with van der Waals surface area (Å²) in [4.78, 5) is 24.8. The predicted octanol–water partition coefficient (Wildman–Crippen LogP) is 2.20. The number of likely N-dealkylation sites (tertiary alicyclic amines) is 1. The fraction of sp³-hybridized carbons (Fsp3) is 0.556. The van der Waals surface area contributed by atoms with Gasteiger partial charge in [-0.05, 0) is 43.6 Å². The second kappa shape index (κ2) is 9.27.